The van der Waals surface area contributed by atoms with Crippen molar-refractivity contribution >= 4 is 0 Å². The summed E-state index contributed by atoms with van der Waals surface area (Å²) in [6.07, 6.45) is 0. The monoisotopic (exact) mass is 188 g/mol. The van der Waals surface area contributed by atoms with Crippen LogP contribution in [0.3, 0.4) is 0 Å². The summed E-state index contributed by atoms with van der Waals surface area (Å²) in [5.41, 5.74) is -0.0666. The molecule has 0 aromatic heterocycles. The van der Waals surface area contributed by atoms with Gasteiger partial charge in [-0.05, 0) is 31.5 Å². The highest BCUT2D eigenvalue weighted by molar-refractivity contribution is 5.39. The van der Waals surface area contributed by atoms with Gasteiger partial charge in [0.15, 0.2) is 0 Å². The molecule has 0 N–H and O–H groups in total. The molecule has 0 aliphatic heterocycles. The molecular weight excluding hydrogens is 179 g/mol. The van der Waals surface area contributed by atoms with E-state index in [0.29, 0.717) is 5.56 Å². The Balaban J connectivity index is 3.30. The topological polar surface area (TPSA) is 47.6 Å². The first-order valence-electron chi connectivity index (χ1n) is 4.12. The van der Waals surface area contributed by atoms with Crippen LogP contribution in [0.25, 0.3) is 0 Å². The van der Waals surface area contributed by atoms with E-state index in [-0.39, 0.29) is 5.56 Å². The molecule has 14 heavy (non-hydrogen) atoms. The molecule has 0 aliphatic carbocycles. The largest absolute Gasteiger partial charge is 0.206 e. The predicted molar refractivity (Wildman–Crippen MR) is 49.8 cm³/mol. The Morgan fingerprint density at radius 3 is 2.43 bits per heavy atom. The highest BCUT2D eigenvalue weighted by atomic mass is 19.1. The van der Waals surface area contributed by atoms with E-state index in [1.165, 1.54) is 18.2 Å². The lowest BCUT2D eigenvalue weighted by atomic mass is 9.85. The number of halogens is 1. The summed E-state index contributed by atoms with van der Waals surface area (Å²) in [5.74, 6) is -0.551. The van der Waals surface area contributed by atoms with E-state index in [9.17, 15) is 4.39 Å². The van der Waals surface area contributed by atoms with Crippen molar-refractivity contribution in [3.8, 4) is 12.1 Å². The Hall–Kier alpha value is -1.87. The van der Waals surface area contributed by atoms with E-state index in [2.05, 4.69) is 6.07 Å². The summed E-state index contributed by atoms with van der Waals surface area (Å²) in [4.78, 5) is 0. The molecule has 1 aromatic carbocycles. The van der Waals surface area contributed by atoms with Gasteiger partial charge in [-0.3, -0.25) is 0 Å². The fourth-order valence-corrected chi connectivity index (χ4v) is 1.06. The van der Waals surface area contributed by atoms with Crippen LogP contribution in [0.15, 0.2) is 18.2 Å². The summed E-state index contributed by atoms with van der Waals surface area (Å²) in [7, 11) is 0. The van der Waals surface area contributed by atoms with Gasteiger partial charge in [-0.2, -0.15) is 10.5 Å². The standard InChI is InChI=1S/C11H9FN2/c1-11(2,7-14)9-3-4-10(12)8(5-9)6-13/h3-5H,1-2H3. The second kappa shape index (κ2) is 3.47. The van der Waals surface area contributed by atoms with Crippen LogP contribution in [-0.2, 0) is 5.41 Å². The molecule has 2 nitrogen and oxygen atoms in total. The van der Waals surface area contributed by atoms with Gasteiger partial charge in [-0.25, -0.2) is 4.39 Å². The summed E-state index contributed by atoms with van der Waals surface area (Å²) in [6, 6.07) is 8.00. The van der Waals surface area contributed by atoms with Crippen molar-refractivity contribution in [1.29, 1.82) is 10.5 Å². The third-order valence-electron chi connectivity index (χ3n) is 2.09. The van der Waals surface area contributed by atoms with Crippen LogP contribution >= 0.6 is 0 Å². The zero-order valence-electron chi connectivity index (χ0n) is 8.00. The smallest absolute Gasteiger partial charge is 0.140 e. The Kier molecular flexibility index (Phi) is 2.53. The Morgan fingerprint density at radius 1 is 1.29 bits per heavy atom. The highest BCUT2D eigenvalue weighted by Gasteiger charge is 2.20. The van der Waals surface area contributed by atoms with Crippen molar-refractivity contribution in [1.82, 2.24) is 0 Å². The first-order valence-corrected chi connectivity index (χ1v) is 4.12. The Morgan fingerprint density at radius 2 is 1.93 bits per heavy atom. The predicted octanol–water partition coefficient (Wildman–Crippen LogP) is 2.50. The molecular formula is C11H9FN2. The van der Waals surface area contributed by atoms with Crippen LogP contribution in [0.2, 0.25) is 0 Å². The zero-order valence-corrected chi connectivity index (χ0v) is 8.00. The molecule has 70 valence electrons. The lowest BCUT2D eigenvalue weighted by Crippen LogP contribution is -2.14. The summed E-state index contributed by atoms with van der Waals surface area (Å²) in [6.45, 7) is 3.45. The van der Waals surface area contributed by atoms with Gasteiger partial charge in [0.05, 0.1) is 17.0 Å². The van der Waals surface area contributed by atoms with Crippen molar-refractivity contribution < 1.29 is 4.39 Å². The molecule has 0 spiro atoms. The van der Waals surface area contributed by atoms with Crippen LogP contribution < -0.4 is 0 Å². The first-order chi connectivity index (χ1) is 6.51. The second-order valence-electron chi connectivity index (χ2n) is 3.54. The van der Waals surface area contributed by atoms with Gasteiger partial charge in [0.1, 0.15) is 11.9 Å². The average molecular weight is 188 g/mol. The Labute approximate surface area is 82.2 Å². The van der Waals surface area contributed by atoms with Crippen LogP contribution in [0, 0.1) is 28.5 Å². The lowest BCUT2D eigenvalue weighted by Gasteiger charge is -2.15. The first kappa shape index (κ1) is 10.2. The Bertz CT molecular complexity index is 436. The van der Waals surface area contributed by atoms with Crippen LogP contribution in [0.5, 0.6) is 0 Å². The molecule has 0 fully saturated rings. The molecule has 0 unspecified atom stereocenters. The number of hydrogen-bond acceptors (Lipinski definition) is 2. The van der Waals surface area contributed by atoms with Gasteiger partial charge in [-0.15, -0.1) is 0 Å². The van der Waals surface area contributed by atoms with E-state index in [1.807, 2.05) is 0 Å². The minimum atomic E-state index is -0.695. The van der Waals surface area contributed by atoms with Crippen molar-refractivity contribution in [2.75, 3.05) is 0 Å². The van der Waals surface area contributed by atoms with E-state index >= 15 is 0 Å². The van der Waals surface area contributed by atoms with Gasteiger partial charge in [0.2, 0.25) is 0 Å². The molecule has 0 atom stereocenters. The molecule has 0 radical (unpaired) electrons. The molecule has 1 rings (SSSR count). The van der Waals surface area contributed by atoms with Crippen molar-refractivity contribution in [2.45, 2.75) is 19.3 Å². The third kappa shape index (κ3) is 1.72. The maximum atomic E-state index is 13.0. The molecule has 3 heteroatoms. The second-order valence-corrected chi connectivity index (χ2v) is 3.54. The van der Waals surface area contributed by atoms with Crippen LogP contribution in [0.4, 0.5) is 4.39 Å². The minimum Gasteiger partial charge on any atom is -0.206 e. The SMILES string of the molecule is CC(C)(C#N)c1ccc(F)c(C#N)c1. The minimum absolute atomic E-state index is 0.0224. The molecule has 0 amide bonds. The molecule has 0 aliphatic rings. The molecule has 0 bridgehead atoms. The third-order valence-corrected chi connectivity index (χ3v) is 2.09. The quantitative estimate of drug-likeness (QED) is 0.679. The zero-order chi connectivity index (χ0) is 10.8. The van der Waals surface area contributed by atoms with Crippen molar-refractivity contribution in [2.24, 2.45) is 0 Å². The number of nitriles is 2. The fraction of sp³-hybridized carbons (Fsp3) is 0.273. The highest BCUT2D eigenvalue weighted by Crippen LogP contribution is 2.23. The van der Waals surface area contributed by atoms with Gasteiger partial charge in [0.25, 0.3) is 0 Å². The fourth-order valence-electron chi connectivity index (χ4n) is 1.06. The number of rotatable bonds is 1. The van der Waals surface area contributed by atoms with Gasteiger partial charge in [-0.1, -0.05) is 6.07 Å². The van der Waals surface area contributed by atoms with Crippen LogP contribution in [0.1, 0.15) is 25.0 Å². The summed E-state index contributed by atoms with van der Waals surface area (Å²) >= 11 is 0. The van der Waals surface area contributed by atoms with E-state index in [4.69, 9.17) is 10.5 Å². The maximum Gasteiger partial charge on any atom is 0.140 e. The van der Waals surface area contributed by atoms with Gasteiger partial charge in [0, 0.05) is 0 Å². The van der Waals surface area contributed by atoms with Gasteiger partial charge < -0.3 is 0 Å². The molecule has 1 aromatic rings. The average Bonchev–Trinajstić information content (AvgIpc) is 2.18. The van der Waals surface area contributed by atoms with Crippen molar-refractivity contribution in [3.63, 3.8) is 0 Å². The summed E-state index contributed by atoms with van der Waals surface area (Å²) in [5, 5.41) is 17.5. The maximum absolute atomic E-state index is 13.0. The lowest BCUT2D eigenvalue weighted by molar-refractivity contribution is 0.618. The number of nitrogens with zero attached hydrogens (tertiary/aromatic N) is 2. The van der Waals surface area contributed by atoms with E-state index in [0.717, 1.165) is 0 Å². The molecule has 0 saturated carbocycles. The summed E-state index contributed by atoms with van der Waals surface area (Å²) < 4.78 is 13.0. The number of hydrogen-bond donors (Lipinski definition) is 0. The van der Waals surface area contributed by atoms with E-state index in [1.54, 1.807) is 19.9 Å². The van der Waals surface area contributed by atoms with Gasteiger partial charge >= 0.3 is 0 Å². The molecule has 0 heterocycles. The number of benzene rings is 1. The normalized spacial score (nSPS) is 10.4. The molecule has 0 saturated heterocycles. The van der Waals surface area contributed by atoms with Crippen LogP contribution in [-0.4, -0.2) is 0 Å². The van der Waals surface area contributed by atoms with Crippen molar-refractivity contribution in [3.05, 3.63) is 35.1 Å². The van der Waals surface area contributed by atoms with E-state index < -0.39 is 11.2 Å².